The van der Waals surface area contributed by atoms with Crippen LogP contribution in [0.2, 0.25) is 0 Å². The van der Waals surface area contributed by atoms with Gasteiger partial charge < -0.3 is 5.32 Å². The first-order valence-corrected chi connectivity index (χ1v) is 4.95. The van der Waals surface area contributed by atoms with Crippen molar-refractivity contribution in [1.29, 1.82) is 0 Å². The zero-order chi connectivity index (χ0) is 9.80. The molecule has 0 saturated heterocycles. The molecule has 72 valence electrons. The third-order valence-electron chi connectivity index (χ3n) is 2.30. The fourth-order valence-corrected chi connectivity index (χ4v) is 1.57. The summed E-state index contributed by atoms with van der Waals surface area (Å²) in [6, 6.07) is 10.3. The first-order valence-electron chi connectivity index (χ1n) is 4.95. The molecule has 1 heterocycles. The molecule has 0 unspecified atom stereocenters. The molecule has 0 fully saturated rings. The Morgan fingerprint density at radius 1 is 1.21 bits per heavy atom. The van der Waals surface area contributed by atoms with E-state index < -0.39 is 0 Å². The number of benzene rings is 1. The van der Waals surface area contributed by atoms with Crippen LogP contribution in [-0.4, -0.2) is 11.5 Å². The number of rotatable bonds is 3. The highest BCUT2D eigenvalue weighted by molar-refractivity contribution is 5.81. The summed E-state index contributed by atoms with van der Waals surface area (Å²) in [7, 11) is 0. The van der Waals surface area contributed by atoms with Crippen LogP contribution in [0.3, 0.4) is 0 Å². The molecule has 0 amide bonds. The van der Waals surface area contributed by atoms with E-state index in [0.29, 0.717) is 0 Å². The lowest BCUT2D eigenvalue weighted by atomic mass is 10.1. The Kier molecular flexibility index (Phi) is 2.75. The van der Waals surface area contributed by atoms with E-state index in [-0.39, 0.29) is 0 Å². The summed E-state index contributed by atoms with van der Waals surface area (Å²) in [5.41, 5.74) is 2.39. The van der Waals surface area contributed by atoms with Crippen LogP contribution < -0.4 is 5.32 Å². The lowest BCUT2D eigenvalue weighted by molar-refractivity contribution is 0.730. The van der Waals surface area contributed by atoms with Gasteiger partial charge in [-0.25, -0.2) is 0 Å². The fraction of sp³-hybridized carbons (Fsp3) is 0.250. The predicted octanol–water partition coefficient (Wildman–Crippen LogP) is 2.34. The average molecular weight is 186 g/mol. The highest BCUT2D eigenvalue weighted by Gasteiger charge is 1.99. The summed E-state index contributed by atoms with van der Waals surface area (Å²) in [5, 5.41) is 4.58. The third-order valence-corrected chi connectivity index (χ3v) is 2.30. The Morgan fingerprint density at radius 3 is 2.93 bits per heavy atom. The highest BCUT2D eigenvalue weighted by Crippen LogP contribution is 2.15. The molecule has 2 heteroatoms. The van der Waals surface area contributed by atoms with Gasteiger partial charge in [-0.3, -0.25) is 4.98 Å². The van der Waals surface area contributed by atoms with Gasteiger partial charge in [-0.05, 0) is 24.2 Å². The number of nitrogens with zero attached hydrogens (tertiary/aromatic N) is 1. The van der Waals surface area contributed by atoms with E-state index in [2.05, 4.69) is 35.4 Å². The number of fused-ring (bicyclic) bond motifs is 1. The van der Waals surface area contributed by atoms with Crippen LogP contribution in [0.25, 0.3) is 10.9 Å². The molecule has 2 nitrogen and oxygen atoms in total. The van der Waals surface area contributed by atoms with Crippen LogP contribution in [0.1, 0.15) is 12.5 Å². The summed E-state index contributed by atoms with van der Waals surface area (Å²) < 4.78 is 0. The summed E-state index contributed by atoms with van der Waals surface area (Å²) in [5.74, 6) is 0. The zero-order valence-electron chi connectivity index (χ0n) is 8.33. The number of nitrogens with one attached hydrogen (secondary N) is 1. The van der Waals surface area contributed by atoms with Crippen LogP contribution in [0, 0.1) is 0 Å². The molecule has 0 saturated carbocycles. The van der Waals surface area contributed by atoms with Gasteiger partial charge in [-0.1, -0.05) is 25.1 Å². The largest absolute Gasteiger partial charge is 0.313 e. The van der Waals surface area contributed by atoms with Crippen LogP contribution >= 0.6 is 0 Å². The first-order chi connectivity index (χ1) is 6.92. The highest BCUT2D eigenvalue weighted by atomic mass is 14.8. The Balaban J connectivity index is 2.43. The smallest absolute Gasteiger partial charge is 0.0705 e. The summed E-state index contributed by atoms with van der Waals surface area (Å²) in [6.45, 7) is 4.03. The molecule has 0 aliphatic carbocycles. The van der Waals surface area contributed by atoms with Gasteiger partial charge >= 0.3 is 0 Å². The van der Waals surface area contributed by atoms with Gasteiger partial charge in [0.05, 0.1) is 5.52 Å². The predicted molar refractivity (Wildman–Crippen MR) is 59.1 cm³/mol. The molecular formula is C12H14N2. The van der Waals surface area contributed by atoms with Gasteiger partial charge in [0, 0.05) is 18.1 Å². The molecule has 0 spiro atoms. The second-order valence-electron chi connectivity index (χ2n) is 3.27. The van der Waals surface area contributed by atoms with Crippen LogP contribution in [0.5, 0.6) is 0 Å². The fourth-order valence-electron chi connectivity index (χ4n) is 1.57. The molecule has 2 rings (SSSR count). The van der Waals surface area contributed by atoms with Crippen molar-refractivity contribution in [3.63, 3.8) is 0 Å². The average Bonchev–Trinajstić information content (AvgIpc) is 2.26. The Bertz CT molecular complexity index is 418. The molecule has 1 aromatic heterocycles. The molecule has 0 radical (unpaired) electrons. The van der Waals surface area contributed by atoms with Gasteiger partial charge in [-0.15, -0.1) is 0 Å². The van der Waals surface area contributed by atoms with Crippen molar-refractivity contribution >= 4 is 10.9 Å². The number of aromatic nitrogens is 1. The molecular weight excluding hydrogens is 172 g/mol. The van der Waals surface area contributed by atoms with E-state index in [0.717, 1.165) is 18.6 Å². The number of pyridine rings is 1. The van der Waals surface area contributed by atoms with E-state index in [1.165, 1.54) is 10.9 Å². The van der Waals surface area contributed by atoms with Gasteiger partial charge in [0.15, 0.2) is 0 Å². The van der Waals surface area contributed by atoms with E-state index in [9.17, 15) is 0 Å². The summed E-state index contributed by atoms with van der Waals surface area (Å²) in [6.07, 6.45) is 1.87. The normalized spacial score (nSPS) is 10.6. The molecule has 1 aromatic carbocycles. The second-order valence-corrected chi connectivity index (χ2v) is 3.27. The molecule has 0 atom stereocenters. The maximum absolute atomic E-state index is 4.32. The second kappa shape index (κ2) is 4.20. The standard InChI is InChI=1S/C12H14N2/c1-2-13-9-10-7-8-14-12-6-4-3-5-11(10)12/h3-8,13H,2,9H2,1H3. The van der Waals surface area contributed by atoms with Crippen LogP contribution in [0.15, 0.2) is 36.5 Å². The third kappa shape index (κ3) is 1.75. The summed E-state index contributed by atoms with van der Waals surface area (Å²) >= 11 is 0. The van der Waals surface area contributed by atoms with Crippen molar-refractivity contribution in [3.05, 3.63) is 42.1 Å². The molecule has 2 aromatic rings. The minimum absolute atomic E-state index is 0.916. The van der Waals surface area contributed by atoms with Gasteiger partial charge in [-0.2, -0.15) is 0 Å². The van der Waals surface area contributed by atoms with Crippen molar-refractivity contribution in [2.24, 2.45) is 0 Å². The van der Waals surface area contributed by atoms with Crippen LogP contribution in [-0.2, 0) is 6.54 Å². The topological polar surface area (TPSA) is 24.9 Å². The van der Waals surface area contributed by atoms with E-state index in [4.69, 9.17) is 0 Å². The van der Waals surface area contributed by atoms with E-state index in [1.807, 2.05) is 18.3 Å². The van der Waals surface area contributed by atoms with Crippen molar-refractivity contribution in [1.82, 2.24) is 10.3 Å². The van der Waals surface area contributed by atoms with Crippen LogP contribution in [0.4, 0.5) is 0 Å². The monoisotopic (exact) mass is 186 g/mol. The van der Waals surface area contributed by atoms with Crippen molar-refractivity contribution in [2.75, 3.05) is 6.54 Å². The maximum atomic E-state index is 4.32. The SMILES string of the molecule is CCNCc1ccnc2ccccc12. The Labute approximate surface area is 84.0 Å². The Hall–Kier alpha value is -1.41. The first kappa shape index (κ1) is 9.16. The minimum atomic E-state index is 0.916. The van der Waals surface area contributed by atoms with Crippen molar-refractivity contribution in [2.45, 2.75) is 13.5 Å². The Morgan fingerprint density at radius 2 is 2.07 bits per heavy atom. The van der Waals surface area contributed by atoms with Gasteiger partial charge in [0.2, 0.25) is 0 Å². The molecule has 1 N–H and O–H groups in total. The summed E-state index contributed by atoms with van der Waals surface area (Å²) in [4.78, 5) is 4.32. The van der Waals surface area contributed by atoms with Crippen molar-refractivity contribution in [3.8, 4) is 0 Å². The van der Waals surface area contributed by atoms with Gasteiger partial charge in [0.25, 0.3) is 0 Å². The number of para-hydroxylation sites is 1. The lowest BCUT2D eigenvalue weighted by Crippen LogP contribution is -2.11. The van der Waals surface area contributed by atoms with Gasteiger partial charge in [0.1, 0.15) is 0 Å². The molecule has 14 heavy (non-hydrogen) atoms. The quantitative estimate of drug-likeness (QED) is 0.795. The lowest BCUT2D eigenvalue weighted by Gasteiger charge is -2.05. The van der Waals surface area contributed by atoms with E-state index in [1.54, 1.807) is 0 Å². The number of hydrogen-bond acceptors (Lipinski definition) is 2. The zero-order valence-corrected chi connectivity index (χ0v) is 8.33. The molecule has 0 bridgehead atoms. The maximum Gasteiger partial charge on any atom is 0.0705 e. The number of hydrogen-bond donors (Lipinski definition) is 1. The van der Waals surface area contributed by atoms with Crippen molar-refractivity contribution < 1.29 is 0 Å². The molecule has 0 aliphatic rings. The minimum Gasteiger partial charge on any atom is -0.313 e. The molecule has 0 aliphatic heterocycles. The van der Waals surface area contributed by atoms with E-state index >= 15 is 0 Å².